The van der Waals surface area contributed by atoms with Crippen molar-refractivity contribution in [2.45, 2.75) is 26.4 Å². The molecule has 0 fully saturated rings. The van der Waals surface area contributed by atoms with Crippen molar-refractivity contribution in [3.05, 3.63) is 34.7 Å². The third-order valence-electron chi connectivity index (χ3n) is 2.69. The molecule has 0 unspecified atom stereocenters. The Kier molecular flexibility index (Phi) is 3.19. The van der Waals surface area contributed by atoms with Crippen molar-refractivity contribution in [2.24, 2.45) is 0 Å². The van der Waals surface area contributed by atoms with Crippen molar-refractivity contribution >= 4 is 27.0 Å². The summed E-state index contributed by atoms with van der Waals surface area (Å²) in [5.41, 5.74) is 2.11. The molecule has 0 amide bonds. The van der Waals surface area contributed by atoms with Gasteiger partial charge in [-0.25, -0.2) is 4.79 Å². The van der Waals surface area contributed by atoms with Gasteiger partial charge in [-0.15, -0.1) is 0 Å². The second-order valence-corrected chi connectivity index (χ2v) is 4.87. The quantitative estimate of drug-likeness (QED) is 0.796. The SMILES string of the molecule is CC(C)n1c(=O)n(CCBr)c2ccccc21. The van der Waals surface area contributed by atoms with E-state index < -0.39 is 0 Å². The molecule has 0 aliphatic carbocycles. The van der Waals surface area contributed by atoms with Gasteiger partial charge in [0.05, 0.1) is 11.0 Å². The summed E-state index contributed by atoms with van der Waals surface area (Å²) in [5, 5.41) is 0.791. The monoisotopic (exact) mass is 282 g/mol. The fourth-order valence-electron chi connectivity index (χ4n) is 2.03. The van der Waals surface area contributed by atoms with E-state index in [-0.39, 0.29) is 11.7 Å². The van der Waals surface area contributed by atoms with Gasteiger partial charge in [0.25, 0.3) is 0 Å². The van der Waals surface area contributed by atoms with E-state index in [0.29, 0.717) is 6.54 Å². The molecule has 0 bridgehead atoms. The number of alkyl halides is 1. The van der Waals surface area contributed by atoms with Gasteiger partial charge >= 0.3 is 5.69 Å². The van der Waals surface area contributed by atoms with Gasteiger partial charge in [-0.1, -0.05) is 28.1 Å². The van der Waals surface area contributed by atoms with Gasteiger partial charge in [0, 0.05) is 17.9 Å². The number of rotatable bonds is 3. The van der Waals surface area contributed by atoms with Crippen LogP contribution in [0.1, 0.15) is 19.9 Å². The maximum atomic E-state index is 12.2. The van der Waals surface area contributed by atoms with Gasteiger partial charge in [-0.2, -0.15) is 0 Å². The Bertz CT molecular complexity index is 554. The summed E-state index contributed by atoms with van der Waals surface area (Å²) in [4.78, 5) is 12.2. The maximum absolute atomic E-state index is 12.2. The molecule has 3 nitrogen and oxygen atoms in total. The fourth-order valence-corrected chi connectivity index (χ4v) is 2.39. The molecule has 1 heterocycles. The highest BCUT2D eigenvalue weighted by Gasteiger charge is 2.13. The Morgan fingerprint density at radius 1 is 1.25 bits per heavy atom. The first-order chi connectivity index (χ1) is 7.66. The lowest BCUT2D eigenvalue weighted by molar-refractivity contribution is 0.573. The van der Waals surface area contributed by atoms with E-state index in [0.717, 1.165) is 16.4 Å². The van der Waals surface area contributed by atoms with Crippen LogP contribution in [-0.2, 0) is 6.54 Å². The molecule has 0 saturated heterocycles. The molecule has 86 valence electrons. The Morgan fingerprint density at radius 2 is 1.88 bits per heavy atom. The molecule has 16 heavy (non-hydrogen) atoms. The molecule has 2 aromatic rings. The number of hydrogen-bond donors (Lipinski definition) is 0. The topological polar surface area (TPSA) is 26.9 Å². The molecule has 0 radical (unpaired) electrons. The lowest BCUT2D eigenvalue weighted by Gasteiger charge is -2.05. The number of imidazole rings is 1. The number of hydrogen-bond acceptors (Lipinski definition) is 1. The van der Waals surface area contributed by atoms with E-state index in [1.807, 2.05) is 47.2 Å². The first-order valence-electron chi connectivity index (χ1n) is 5.42. The van der Waals surface area contributed by atoms with Crippen LogP contribution >= 0.6 is 15.9 Å². The molecule has 0 aliphatic heterocycles. The van der Waals surface area contributed by atoms with Crippen LogP contribution in [0.2, 0.25) is 0 Å². The maximum Gasteiger partial charge on any atom is 0.329 e. The standard InChI is InChI=1S/C12H15BrN2O/c1-9(2)15-11-6-4-3-5-10(11)14(8-7-13)12(15)16/h3-6,9H,7-8H2,1-2H3. The molecular weight excluding hydrogens is 268 g/mol. The van der Waals surface area contributed by atoms with E-state index in [9.17, 15) is 4.79 Å². The van der Waals surface area contributed by atoms with E-state index in [1.54, 1.807) is 0 Å². The minimum absolute atomic E-state index is 0.0793. The van der Waals surface area contributed by atoms with Gasteiger partial charge < -0.3 is 0 Å². The number of nitrogens with zero attached hydrogens (tertiary/aromatic N) is 2. The first kappa shape index (κ1) is 11.5. The zero-order chi connectivity index (χ0) is 11.7. The smallest absolute Gasteiger partial charge is 0.291 e. The summed E-state index contributed by atoms with van der Waals surface area (Å²) in [6.45, 7) is 4.78. The number of aryl methyl sites for hydroxylation is 1. The molecule has 0 aliphatic rings. The van der Waals surface area contributed by atoms with Gasteiger partial charge in [0.1, 0.15) is 0 Å². The van der Waals surface area contributed by atoms with Crippen molar-refractivity contribution in [3.63, 3.8) is 0 Å². The minimum atomic E-state index is 0.0793. The van der Waals surface area contributed by atoms with E-state index in [4.69, 9.17) is 0 Å². The Hall–Kier alpha value is -1.03. The number of para-hydroxylation sites is 2. The minimum Gasteiger partial charge on any atom is -0.291 e. The first-order valence-corrected chi connectivity index (χ1v) is 6.54. The number of aromatic nitrogens is 2. The third kappa shape index (κ3) is 1.71. The average molecular weight is 283 g/mol. The molecule has 0 spiro atoms. The summed E-state index contributed by atoms with van der Waals surface area (Å²) in [5.74, 6) is 0. The van der Waals surface area contributed by atoms with Gasteiger partial charge in [0.2, 0.25) is 0 Å². The van der Waals surface area contributed by atoms with Crippen LogP contribution in [0.15, 0.2) is 29.1 Å². The predicted molar refractivity (Wildman–Crippen MR) is 70.4 cm³/mol. The molecule has 0 atom stereocenters. The largest absolute Gasteiger partial charge is 0.329 e. The van der Waals surface area contributed by atoms with Gasteiger partial charge in [-0.3, -0.25) is 9.13 Å². The third-order valence-corrected chi connectivity index (χ3v) is 3.05. The summed E-state index contributed by atoms with van der Waals surface area (Å²) >= 11 is 3.38. The van der Waals surface area contributed by atoms with Crippen LogP contribution in [-0.4, -0.2) is 14.5 Å². The summed E-state index contributed by atoms with van der Waals surface area (Å²) in [6.07, 6.45) is 0. The number of halogens is 1. The summed E-state index contributed by atoms with van der Waals surface area (Å²) in [6, 6.07) is 8.13. The highest BCUT2D eigenvalue weighted by Crippen LogP contribution is 2.16. The van der Waals surface area contributed by atoms with Crippen molar-refractivity contribution in [1.82, 2.24) is 9.13 Å². The second-order valence-electron chi connectivity index (χ2n) is 4.08. The predicted octanol–water partition coefficient (Wildman–Crippen LogP) is 2.78. The molecular formula is C12H15BrN2O. The van der Waals surface area contributed by atoms with Crippen LogP contribution in [0.3, 0.4) is 0 Å². The molecule has 1 aromatic carbocycles. The van der Waals surface area contributed by atoms with Crippen molar-refractivity contribution in [1.29, 1.82) is 0 Å². The lowest BCUT2D eigenvalue weighted by atomic mass is 10.3. The fraction of sp³-hybridized carbons (Fsp3) is 0.417. The zero-order valence-electron chi connectivity index (χ0n) is 9.48. The van der Waals surface area contributed by atoms with Crippen LogP contribution < -0.4 is 5.69 Å². The van der Waals surface area contributed by atoms with Crippen LogP contribution in [0.5, 0.6) is 0 Å². The van der Waals surface area contributed by atoms with Crippen LogP contribution in [0, 0.1) is 0 Å². The van der Waals surface area contributed by atoms with Gasteiger partial charge in [0.15, 0.2) is 0 Å². The molecule has 4 heteroatoms. The van der Waals surface area contributed by atoms with Crippen LogP contribution in [0.25, 0.3) is 11.0 Å². The average Bonchev–Trinajstić information content (AvgIpc) is 2.53. The van der Waals surface area contributed by atoms with Crippen molar-refractivity contribution in [2.75, 3.05) is 5.33 Å². The Balaban J connectivity index is 2.80. The van der Waals surface area contributed by atoms with Crippen molar-refractivity contribution < 1.29 is 0 Å². The van der Waals surface area contributed by atoms with Gasteiger partial charge in [-0.05, 0) is 26.0 Å². The lowest BCUT2D eigenvalue weighted by Crippen LogP contribution is -2.25. The van der Waals surface area contributed by atoms with Crippen molar-refractivity contribution in [3.8, 4) is 0 Å². The summed E-state index contributed by atoms with van der Waals surface area (Å²) < 4.78 is 3.67. The molecule has 1 aromatic heterocycles. The second kappa shape index (κ2) is 4.45. The molecule has 2 rings (SSSR count). The number of benzene rings is 1. The Morgan fingerprint density at radius 3 is 2.44 bits per heavy atom. The normalized spacial score (nSPS) is 11.5. The number of fused-ring (bicyclic) bond motifs is 1. The van der Waals surface area contributed by atoms with Crippen LogP contribution in [0.4, 0.5) is 0 Å². The Labute approximate surface area is 103 Å². The molecule has 0 N–H and O–H groups in total. The van der Waals surface area contributed by atoms with E-state index in [2.05, 4.69) is 15.9 Å². The summed E-state index contributed by atoms with van der Waals surface area (Å²) in [7, 11) is 0. The van der Waals surface area contributed by atoms with E-state index >= 15 is 0 Å². The highest BCUT2D eigenvalue weighted by atomic mass is 79.9. The molecule has 0 saturated carbocycles. The van der Waals surface area contributed by atoms with E-state index in [1.165, 1.54) is 0 Å². The zero-order valence-corrected chi connectivity index (χ0v) is 11.1. The highest BCUT2D eigenvalue weighted by molar-refractivity contribution is 9.09.